The molecule has 2 aromatic carbocycles. The summed E-state index contributed by atoms with van der Waals surface area (Å²) < 4.78 is 11.5. The Balaban J connectivity index is 1.50. The molecule has 148 valence electrons. The van der Waals surface area contributed by atoms with Crippen LogP contribution < -0.4 is 14.9 Å². The molecule has 0 aromatic heterocycles. The van der Waals surface area contributed by atoms with E-state index in [0.29, 0.717) is 19.1 Å². The van der Waals surface area contributed by atoms with Crippen LogP contribution in [0.4, 0.5) is 0 Å². The molecule has 5 heteroatoms. The van der Waals surface area contributed by atoms with Crippen molar-refractivity contribution in [2.45, 2.75) is 32.9 Å². The Morgan fingerprint density at radius 3 is 2.61 bits per heavy atom. The number of hydrogen-bond donors (Lipinski definition) is 1. The third-order valence-corrected chi connectivity index (χ3v) is 5.49. The van der Waals surface area contributed by atoms with Crippen molar-refractivity contribution in [3.63, 3.8) is 0 Å². The highest BCUT2D eigenvalue weighted by Crippen LogP contribution is 2.37. The zero-order chi connectivity index (χ0) is 19.3. The van der Waals surface area contributed by atoms with Gasteiger partial charge in [0.1, 0.15) is 0 Å². The minimum absolute atomic E-state index is 0.184. The topological polar surface area (TPSA) is 46.1 Å². The Labute approximate surface area is 167 Å². The smallest absolute Gasteiger partial charge is 0.161 e. The van der Waals surface area contributed by atoms with Crippen molar-refractivity contribution in [2.75, 3.05) is 26.3 Å². The summed E-state index contributed by atoms with van der Waals surface area (Å²) in [5, 5.41) is 4.66. The molecule has 0 saturated carbocycles. The second kappa shape index (κ2) is 8.65. The predicted molar refractivity (Wildman–Crippen MR) is 112 cm³/mol. The van der Waals surface area contributed by atoms with Crippen molar-refractivity contribution in [1.29, 1.82) is 0 Å². The highest BCUT2D eigenvalue weighted by molar-refractivity contribution is 5.90. The molecule has 2 heterocycles. The number of fused-ring (bicyclic) bond motifs is 1. The van der Waals surface area contributed by atoms with E-state index in [-0.39, 0.29) is 6.04 Å². The van der Waals surface area contributed by atoms with Crippen molar-refractivity contribution < 1.29 is 9.47 Å². The Bertz CT molecular complexity index is 822. The number of hydrogen-bond acceptors (Lipinski definition) is 5. The quantitative estimate of drug-likeness (QED) is 0.790. The van der Waals surface area contributed by atoms with Gasteiger partial charge in [-0.05, 0) is 37.1 Å². The van der Waals surface area contributed by atoms with Gasteiger partial charge in [-0.1, -0.05) is 36.4 Å². The van der Waals surface area contributed by atoms with Crippen LogP contribution in [0.5, 0.6) is 11.5 Å². The normalized spacial score (nSPS) is 21.6. The van der Waals surface area contributed by atoms with Crippen LogP contribution in [0.3, 0.4) is 0 Å². The lowest BCUT2D eigenvalue weighted by Gasteiger charge is -2.33. The van der Waals surface area contributed by atoms with Crippen LogP contribution in [-0.4, -0.2) is 36.9 Å². The maximum atomic E-state index is 5.83. The monoisotopic (exact) mass is 379 g/mol. The second-order valence-electron chi connectivity index (χ2n) is 7.36. The summed E-state index contributed by atoms with van der Waals surface area (Å²) in [4.78, 5) is 2.54. The zero-order valence-corrected chi connectivity index (χ0v) is 16.7. The third-order valence-electron chi connectivity index (χ3n) is 5.49. The molecule has 0 aliphatic carbocycles. The number of hydrazone groups is 1. The van der Waals surface area contributed by atoms with E-state index in [4.69, 9.17) is 9.47 Å². The molecule has 2 atom stereocenters. The van der Waals surface area contributed by atoms with Crippen LogP contribution in [0, 0.1) is 5.92 Å². The summed E-state index contributed by atoms with van der Waals surface area (Å²) in [6, 6.07) is 17.2. The van der Waals surface area contributed by atoms with Crippen LogP contribution >= 0.6 is 0 Å². The molecule has 0 bridgehead atoms. The fraction of sp³-hybridized carbons (Fsp3) is 0.435. The number of likely N-dealkylation sites (tertiary alicyclic amines) is 1. The van der Waals surface area contributed by atoms with Gasteiger partial charge in [-0.15, -0.1) is 0 Å². The minimum Gasteiger partial charge on any atom is -0.490 e. The van der Waals surface area contributed by atoms with Gasteiger partial charge in [-0.2, -0.15) is 5.10 Å². The Hall–Kier alpha value is -2.53. The maximum Gasteiger partial charge on any atom is 0.161 e. The number of ether oxygens (including phenoxy) is 2. The van der Waals surface area contributed by atoms with E-state index >= 15 is 0 Å². The Morgan fingerprint density at radius 2 is 1.82 bits per heavy atom. The highest BCUT2D eigenvalue weighted by atomic mass is 16.5. The maximum absolute atomic E-state index is 5.83. The van der Waals surface area contributed by atoms with Crippen molar-refractivity contribution in [3.05, 3.63) is 59.7 Å². The van der Waals surface area contributed by atoms with Crippen LogP contribution in [0.15, 0.2) is 53.6 Å². The first-order valence-corrected chi connectivity index (χ1v) is 10.3. The van der Waals surface area contributed by atoms with E-state index in [9.17, 15) is 0 Å². The number of benzene rings is 2. The molecule has 1 N–H and O–H groups in total. The van der Waals surface area contributed by atoms with Gasteiger partial charge in [0.25, 0.3) is 0 Å². The number of piperidine rings is 1. The van der Waals surface area contributed by atoms with Crippen molar-refractivity contribution in [2.24, 2.45) is 11.0 Å². The Kier molecular flexibility index (Phi) is 5.81. The van der Waals surface area contributed by atoms with Crippen LogP contribution in [0.25, 0.3) is 0 Å². The van der Waals surface area contributed by atoms with E-state index in [1.54, 1.807) is 0 Å². The van der Waals surface area contributed by atoms with E-state index in [1.165, 1.54) is 16.8 Å². The summed E-state index contributed by atoms with van der Waals surface area (Å²) in [6.07, 6.45) is 1.02. The van der Waals surface area contributed by atoms with Gasteiger partial charge in [-0.3, -0.25) is 4.90 Å². The highest BCUT2D eigenvalue weighted by Gasteiger charge is 2.37. The van der Waals surface area contributed by atoms with Crippen molar-refractivity contribution in [3.8, 4) is 11.5 Å². The first-order valence-electron chi connectivity index (χ1n) is 10.3. The van der Waals surface area contributed by atoms with Gasteiger partial charge >= 0.3 is 0 Å². The molecule has 4 rings (SSSR count). The Morgan fingerprint density at radius 1 is 1.04 bits per heavy atom. The average molecular weight is 380 g/mol. The molecule has 2 unspecified atom stereocenters. The van der Waals surface area contributed by atoms with Crippen LogP contribution in [0.1, 0.15) is 37.4 Å². The largest absolute Gasteiger partial charge is 0.490 e. The van der Waals surface area contributed by atoms with Gasteiger partial charge in [0.15, 0.2) is 11.5 Å². The number of rotatable bonds is 7. The SMILES string of the molecule is CCOc1ccc(C2NN=C3CCN(Cc4ccccc4)CC32)cc1OCC. The molecule has 1 fully saturated rings. The molecule has 2 aliphatic rings. The molecule has 28 heavy (non-hydrogen) atoms. The molecule has 0 radical (unpaired) electrons. The van der Waals surface area contributed by atoms with Gasteiger partial charge < -0.3 is 14.9 Å². The molecule has 5 nitrogen and oxygen atoms in total. The summed E-state index contributed by atoms with van der Waals surface area (Å²) in [7, 11) is 0. The van der Waals surface area contributed by atoms with Gasteiger partial charge in [0.2, 0.25) is 0 Å². The summed E-state index contributed by atoms with van der Waals surface area (Å²) in [5.74, 6) is 2.01. The fourth-order valence-corrected chi connectivity index (χ4v) is 4.17. The van der Waals surface area contributed by atoms with Gasteiger partial charge in [-0.25, -0.2) is 0 Å². The predicted octanol–water partition coefficient (Wildman–Crippen LogP) is 4.01. The van der Waals surface area contributed by atoms with Crippen LogP contribution in [0.2, 0.25) is 0 Å². The molecular weight excluding hydrogens is 350 g/mol. The fourth-order valence-electron chi connectivity index (χ4n) is 4.17. The van der Waals surface area contributed by atoms with E-state index in [1.807, 2.05) is 19.9 Å². The molecule has 1 saturated heterocycles. The number of nitrogens with one attached hydrogen (secondary N) is 1. The summed E-state index contributed by atoms with van der Waals surface area (Å²) in [6.45, 7) is 8.31. The molecular formula is C23H29N3O2. The number of nitrogens with zero attached hydrogens (tertiary/aromatic N) is 2. The van der Waals surface area contributed by atoms with Crippen molar-refractivity contribution >= 4 is 5.71 Å². The van der Waals surface area contributed by atoms with Crippen molar-refractivity contribution in [1.82, 2.24) is 10.3 Å². The zero-order valence-electron chi connectivity index (χ0n) is 16.7. The van der Waals surface area contributed by atoms with Gasteiger partial charge in [0, 0.05) is 37.7 Å². The minimum atomic E-state index is 0.184. The summed E-state index contributed by atoms with van der Waals surface area (Å²) in [5.41, 5.74) is 7.25. The van der Waals surface area contributed by atoms with E-state index in [0.717, 1.165) is 37.6 Å². The average Bonchev–Trinajstić information content (AvgIpc) is 3.14. The lowest BCUT2D eigenvalue weighted by molar-refractivity contribution is 0.220. The lowest BCUT2D eigenvalue weighted by Crippen LogP contribution is -2.41. The molecule has 0 amide bonds. The summed E-state index contributed by atoms with van der Waals surface area (Å²) >= 11 is 0. The van der Waals surface area contributed by atoms with E-state index < -0.39 is 0 Å². The second-order valence-corrected chi connectivity index (χ2v) is 7.36. The van der Waals surface area contributed by atoms with E-state index in [2.05, 4.69) is 57.9 Å². The first kappa shape index (κ1) is 18.8. The molecule has 2 aromatic rings. The molecule has 0 spiro atoms. The van der Waals surface area contributed by atoms with Crippen LogP contribution in [-0.2, 0) is 6.54 Å². The molecule has 2 aliphatic heterocycles. The first-order chi connectivity index (χ1) is 13.8. The standard InChI is InChI=1S/C23H29N3O2/c1-3-27-21-11-10-18(14-22(21)28-4-2)23-19-16-26(13-12-20(19)24-25-23)15-17-8-6-5-7-9-17/h5-11,14,19,23,25H,3-4,12-13,15-16H2,1-2H3. The third kappa shape index (κ3) is 3.99. The van der Waals surface area contributed by atoms with Gasteiger partial charge in [0.05, 0.1) is 19.3 Å². The lowest BCUT2D eigenvalue weighted by atomic mass is 9.86.